The van der Waals surface area contributed by atoms with Gasteiger partial charge in [-0.15, -0.1) is 11.3 Å². The van der Waals surface area contributed by atoms with Crippen LogP contribution in [0.2, 0.25) is 0 Å². The minimum atomic E-state index is -3.59. The second kappa shape index (κ2) is 6.10. The Morgan fingerprint density at radius 2 is 1.80 bits per heavy atom. The molecule has 0 aliphatic heterocycles. The van der Waals surface area contributed by atoms with E-state index in [4.69, 9.17) is 0 Å². The highest BCUT2D eigenvalue weighted by Crippen LogP contribution is 2.49. The number of hydrogen-bond donors (Lipinski definition) is 2. The first kappa shape index (κ1) is 17.1. The van der Waals surface area contributed by atoms with Crippen LogP contribution in [0.3, 0.4) is 0 Å². The molecule has 4 rings (SSSR count). The van der Waals surface area contributed by atoms with E-state index in [0.717, 1.165) is 46.4 Å². The van der Waals surface area contributed by atoms with E-state index < -0.39 is 15.4 Å². The molecule has 2 aliphatic rings. The number of thiophene rings is 1. The number of hydrogen-bond acceptors (Lipinski definition) is 4. The van der Waals surface area contributed by atoms with Gasteiger partial charge in [-0.25, -0.2) is 8.42 Å². The van der Waals surface area contributed by atoms with Gasteiger partial charge in [0.15, 0.2) is 0 Å². The Morgan fingerprint density at radius 1 is 1.12 bits per heavy atom. The maximum atomic E-state index is 12.5. The lowest BCUT2D eigenvalue weighted by Crippen LogP contribution is -2.36. The van der Waals surface area contributed by atoms with Crippen molar-refractivity contribution in [1.29, 1.82) is 0 Å². The van der Waals surface area contributed by atoms with E-state index in [1.165, 1.54) is 0 Å². The molecule has 0 atom stereocenters. The minimum absolute atomic E-state index is 0.103. The number of benzene rings is 1. The van der Waals surface area contributed by atoms with Crippen molar-refractivity contribution in [3.8, 4) is 0 Å². The number of sulfonamides is 1. The van der Waals surface area contributed by atoms with Crippen LogP contribution in [0, 0.1) is 0 Å². The number of amides is 1. The van der Waals surface area contributed by atoms with Crippen molar-refractivity contribution in [3.63, 3.8) is 0 Å². The molecule has 0 saturated heterocycles. The molecule has 2 N–H and O–H groups in total. The summed E-state index contributed by atoms with van der Waals surface area (Å²) in [6, 6.07) is 10.8. The van der Waals surface area contributed by atoms with Gasteiger partial charge in [0.25, 0.3) is 10.0 Å². The van der Waals surface area contributed by atoms with Gasteiger partial charge in [-0.05, 0) is 71.4 Å². The molecule has 1 aromatic carbocycles. The number of rotatable bonds is 6. The molecule has 2 aliphatic carbocycles. The fourth-order valence-corrected chi connectivity index (χ4v) is 5.90. The summed E-state index contributed by atoms with van der Waals surface area (Å²) in [5.41, 5.74) is 1.03. The number of carbonyl (C=O) groups is 1. The molecule has 0 bridgehead atoms. The third-order valence-electron chi connectivity index (χ3n) is 4.60. The van der Waals surface area contributed by atoms with Gasteiger partial charge in [-0.2, -0.15) is 0 Å². The Kier molecular flexibility index (Phi) is 4.16. The summed E-state index contributed by atoms with van der Waals surface area (Å²) in [6.45, 7) is 0. The Hall–Kier alpha value is -1.38. The van der Waals surface area contributed by atoms with Gasteiger partial charge >= 0.3 is 0 Å². The van der Waals surface area contributed by atoms with E-state index in [0.29, 0.717) is 11.7 Å². The molecule has 0 radical (unpaired) electrons. The molecule has 2 saturated carbocycles. The predicted molar refractivity (Wildman–Crippen MR) is 101 cm³/mol. The molecule has 2 aromatic rings. The summed E-state index contributed by atoms with van der Waals surface area (Å²) < 4.78 is 28.3. The number of nitrogens with one attached hydrogen (secondary N) is 2. The second-order valence-corrected chi connectivity index (χ2v) is 10.9. The number of anilines is 1. The maximum Gasteiger partial charge on any atom is 0.271 e. The van der Waals surface area contributed by atoms with Crippen molar-refractivity contribution in [3.05, 3.63) is 45.7 Å². The monoisotopic (exact) mass is 440 g/mol. The van der Waals surface area contributed by atoms with Gasteiger partial charge in [0.1, 0.15) is 4.21 Å². The molecule has 1 heterocycles. The SMILES string of the molecule is O=C(NC1CC1)C1(c2ccc(NS(=O)(=O)c3ccc(Br)s3)cc2)CC1. The molecule has 1 amide bonds. The lowest BCUT2D eigenvalue weighted by Gasteiger charge is -2.16. The minimum Gasteiger partial charge on any atom is -0.353 e. The Labute approximate surface area is 159 Å². The van der Waals surface area contributed by atoms with Gasteiger partial charge < -0.3 is 5.32 Å². The molecule has 132 valence electrons. The largest absolute Gasteiger partial charge is 0.353 e. The van der Waals surface area contributed by atoms with E-state index in [2.05, 4.69) is 26.0 Å². The zero-order valence-electron chi connectivity index (χ0n) is 13.3. The zero-order chi connectivity index (χ0) is 17.7. The molecule has 5 nitrogen and oxygen atoms in total. The third-order valence-corrected chi connectivity index (χ3v) is 8.10. The van der Waals surface area contributed by atoms with Crippen LogP contribution in [-0.4, -0.2) is 20.4 Å². The highest BCUT2D eigenvalue weighted by atomic mass is 79.9. The number of carbonyl (C=O) groups excluding carboxylic acids is 1. The summed E-state index contributed by atoms with van der Waals surface area (Å²) in [6.07, 6.45) is 3.84. The van der Waals surface area contributed by atoms with E-state index in [9.17, 15) is 13.2 Å². The first-order chi connectivity index (χ1) is 11.9. The van der Waals surface area contributed by atoms with Crippen LogP contribution in [0.4, 0.5) is 5.69 Å². The second-order valence-electron chi connectivity index (χ2n) is 6.57. The first-order valence-electron chi connectivity index (χ1n) is 8.09. The molecule has 1 aromatic heterocycles. The Balaban J connectivity index is 1.49. The molecule has 0 unspecified atom stereocenters. The maximum absolute atomic E-state index is 12.5. The molecule has 25 heavy (non-hydrogen) atoms. The van der Waals surface area contributed by atoms with E-state index in [1.54, 1.807) is 24.3 Å². The average molecular weight is 441 g/mol. The van der Waals surface area contributed by atoms with Crippen LogP contribution in [-0.2, 0) is 20.2 Å². The smallest absolute Gasteiger partial charge is 0.271 e. The standard InChI is InChI=1S/C17H17BrN2O3S2/c18-14-7-8-15(24-14)25(22,23)20-13-3-1-11(2-4-13)17(9-10-17)16(21)19-12-5-6-12/h1-4,7-8,12,20H,5-6,9-10H2,(H,19,21). The highest BCUT2D eigenvalue weighted by molar-refractivity contribution is 9.11. The normalized spacial score (nSPS) is 18.6. The van der Waals surface area contributed by atoms with Crippen molar-refractivity contribution in [2.75, 3.05) is 4.72 Å². The zero-order valence-corrected chi connectivity index (χ0v) is 16.5. The third kappa shape index (κ3) is 3.47. The summed E-state index contributed by atoms with van der Waals surface area (Å²) in [5.74, 6) is 0.103. The van der Waals surface area contributed by atoms with Crippen LogP contribution in [0.25, 0.3) is 0 Å². The van der Waals surface area contributed by atoms with Crippen molar-refractivity contribution >= 4 is 48.9 Å². The van der Waals surface area contributed by atoms with Crippen molar-refractivity contribution < 1.29 is 13.2 Å². The fraction of sp³-hybridized carbons (Fsp3) is 0.353. The van der Waals surface area contributed by atoms with Crippen LogP contribution in [0.1, 0.15) is 31.2 Å². The van der Waals surface area contributed by atoms with Crippen LogP contribution in [0.15, 0.2) is 44.4 Å². The van der Waals surface area contributed by atoms with Gasteiger partial charge in [-0.1, -0.05) is 12.1 Å². The van der Waals surface area contributed by atoms with E-state index >= 15 is 0 Å². The summed E-state index contributed by atoms with van der Waals surface area (Å²) in [4.78, 5) is 12.5. The van der Waals surface area contributed by atoms with Gasteiger partial charge in [0, 0.05) is 11.7 Å². The van der Waals surface area contributed by atoms with Crippen molar-refractivity contribution in [2.45, 2.75) is 41.3 Å². The molecule has 0 spiro atoms. The quantitative estimate of drug-likeness (QED) is 0.719. The van der Waals surface area contributed by atoms with Crippen LogP contribution >= 0.6 is 27.3 Å². The lowest BCUT2D eigenvalue weighted by molar-refractivity contribution is -0.123. The van der Waals surface area contributed by atoms with Crippen LogP contribution < -0.4 is 10.0 Å². The lowest BCUT2D eigenvalue weighted by atomic mass is 9.95. The Morgan fingerprint density at radius 3 is 2.32 bits per heavy atom. The molecular weight excluding hydrogens is 424 g/mol. The molecule has 8 heteroatoms. The topological polar surface area (TPSA) is 75.3 Å². The van der Waals surface area contributed by atoms with Gasteiger partial charge in [0.2, 0.25) is 5.91 Å². The summed E-state index contributed by atoms with van der Waals surface area (Å²) >= 11 is 4.43. The molecule has 2 fully saturated rings. The van der Waals surface area contributed by atoms with Crippen molar-refractivity contribution in [1.82, 2.24) is 5.32 Å². The van der Waals surface area contributed by atoms with Crippen LogP contribution in [0.5, 0.6) is 0 Å². The van der Waals surface area contributed by atoms with E-state index in [-0.39, 0.29) is 10.1 Å². The predicted octanol–water partition coefficient (Wildman–Crippen LogP) is 3.62. The number of halogens is 1. The highest BCUT2D eigenvalue weighted by Gasteiger charge is 2.52. The Bertz CT molecular complexity index is 914. The molecular formula is C17H17BrN2O3S2. The average Bonchev–Trinajstić information content (AvgIpc) is 3.48. The fourth-order valence-electron chi connectivity index (χ4n) is 2.83. The van der Waals surface area contributed by atoms with Gasteiger partial charge in [-0.3, -0.25) is 9.52 Å². The van der Waals surface area contributed by atoms with E-state index in [1.807, 2.05) is 12.1 Å². The van der Waals surface area contributed by atoms with Crippen molar-refractivity contribution in [2.24, 2.45) is 0 Å². The first-order valence-corrected chi connectivity index (χ1v) is 11.2. The summed E-state index contributed by atoms with van der Waals surface area (Å²) in [5, 5.41) is 3.08. The van der Waals surface area contributed by atoms with Gasteiger partial charge in [0.05, 0.1) is 9.20 Å². The summed E-state index contributed by atoms with van der Waals surface area (Å²) in [7, 11) is -3.59.